The number of hydrogen-bond donors (Lipinski definition) is 1. The Morgan fingerprint density at radius 2 is 2.60 bits per heavy atom. The second-order valence-electron chi connectivity index (χ2n) is 1.76. The van der Waals surface area contributed by atoms with Crippen molar-refractivity contribution in [1.82, 2.24) is 4.57 Å². The van der Waals surface area contributed by atoms with Crippen LogP contribution in [-0.2, 0) is 6.54 Å². The van der Waals surface area contributed by atoms with Crippen LogP contribution in [0.5, 0.6) is 5.88 Å². The summed E-state index contributed by atoms with van der Waals surface area (Å²) in [4.78, 5) is 10.6. The number of aromatic hydroxyl groups is 1. The molecule has 0 fully saturated rings. The van der Waals surface area contributed by atoms with Crippen LogP contribution in [0.2, 0.25) is 0 Å². The monoisotopic (exact) mass is 157 g/mol. The van der Waals surface area contributed by atoms with Crippen molar-refractivity contribution in [1.29, 1.82) is 0 Å². The zero-order valence-corrected chi connectivity index (χ0v) is 6.10. The van der Waals surface area contributed by atoms with E-state index < -0.39 is 0 Å². The molecule has 0 aliphatic rings. The Hall–Kier alpha value is -1.03. The molecule has 0 saturated carbocycles. The van der Waals surface area contributed by atoms with E-state index in [1.54, 1.807) is 6.08 Å². The van der Waals surface area contributed by atoms with E-state index >= 15 is 0 Å². The van der Waals surface area contributed by atoms with Crippen molar-refractivity contribution in [3.8, 4) is 5.88 Å². The van der Waals surface area contributed by atoms with Gasteiger partial charge in [-0.05, 0) is 0 Å². The quantitative estimate of drug-likeness (QED) is 0.645. The van der Waals surface area contributed by atoms with Crippen molar-refractivity contribution in [2.45, 2.75) is 6.54 Å². The van der Waals surface area contributed by atoms with E-state index in [0.29, 0.717) is 6.54 Å². The smallest absolute Gasteiger partial charge is 0.310 e. The van der Waals surface area contributed by atoms with Crippen molar-refractivity contribution < 1.29 is 5.11 Å². The Bertz CT molecular complexity index is 286. The molecule has 3 nitrogen and oxygen atoms in total. The molecule has 0 amide bonds. The van der Waals surface area contributed by atoms with Crippen molar-refractivity contribution in [3.05, 3.63) is 27.7 Å². The fourth-order valence-electron chi connectivity index (χ4n) is 0.621. The molecule has 54 valence electrons. The minimum atomic E-state index is -0.155. The molecule has 1 aromatic rings. The molecular weight excluding hydrogens is 150 g/mol. The first kappa shape index (κ1) is 7.08. The standard InChI is InChI=1S/C6H7NO2S/c1-2-3-7-5(8)4-10-6(7)9/h2,4,8H,1,3H2. The molecular formula is C6H7NO2S. The molecule has 10 heavy (non-hydrogen) atoms. The number of allylic oxidation sites excluding steroid dienone is 1. The summed E-state index contributed by atoms with van der Waals surface area (Å²) in [6.07, 6.45) is 1.56. The highest BCUT2D eigenvalue weighted by molar-refractivity contribution is 7.07. The van der Waals surface area contributed by atoms with Crippen molar-refractivity contribution >= 4 is 11.3 Å². The molecule has 0 aliphatic carbocycles. The van der Waals surface area contributed by atoms with Gasteiger partial charge < -0.3 is 5.11 Å². The molecule has 1 heterocycles. The van der Waals surface area contributed by atoms with Crippen LogP contribution in [0.25, 0.3) is 0 Å². The third kappa shape index (κ3) is 1.11. The zero-order chi connectivity index (χ0) is 7.56. The Balaban J connectivity index is 3.10. The van der Waals surface area contributed by atoms with E-state index in [-0.39, 0.29) is 10.8 Å². The van der Waals surface area contributed by atoms with Crippen LogP contribution in [0.3, 0.4) is 0 Å². The molecule has 4 heteroatoms. The van der Waals surface area contributed by atoms with Crippen LogP contribution in [0, 0.1) is 0 Å². The lowest BCUT2D eigenvalue weighted by atomic mass is 10.6. The predicted octanol–water partition coefficient (Wildman–Crippen LogP) is 0.801. The van der Waals surface area contributed by atoms with Gasteiger partial charge in [0.15, 0.2) is 0 Å². The SMILES string of the molecule is C=CCn1c(O)csc1=O. The van der Waals surface area contributed by atoms with Gasteiger partial charge in [0.25, 0.3) is 0 Å². The van der Waals surface area contributed by atoms with E-state index in [1.807, 2.05) is 0 Å². The highest BCUT2D eigenvalue weighted by Gasteiger charge is 2.00. The van der Waals surface area contributed by atoms with Gasteiger partial charge in [-0.2, -0.15) is 0 Å². The second-order valence-corrected chi connectivity index (χ2v) is 2.58. The van der Waals surface area contributed by atoms with Crippen LogP contribution < -0.4 is 4.87 Å². The molecule has 0 radical (unpaired) electrons. The van der Waals surface area contributed by atoms with E-state index in [4.69, 9.17) is 5.11 Å². The molecule has 0 bridgehead atoms. The van der Waals surface area contributed by atoms with Gasteiger partial charge in [0.2, 0.25) is 5.88 Å². The summed E-state index contributed by atoms with van der Waals surface area (Å²) in [5.41, 5.74) is 0. The van der Waals surface area contributed by atoms with Crippen LogP contribution in [0.15, 0.2) is 22.8 Å². The van der Waals surface area contributed by atoms with Gasteiger partial charge in [0.1, 0.15) is 0 Å². The lowest BCUT2D eigenvalue weighted by Gasteiger charge is -1.94. The minimum Gasteiger partial charge on any atom is -0.494 e. The minimum absolute atomic E-state index is 0.00917. The van der Waals surface area contributed by atoms with E-state index in [0.717, 1.165) is 11.3 Å². The molecule has 0 saturated heterocycles. The molecule has 0 atom stereocenters. The molecule has 1 aromatic heterocycles. The lowest BCUT2D eigenvalue weighted by molar-refractivity contribution is 0.423. The summed E-state index contributed by atoms with van der Waals surface area (Å²) in [6.45, 7) is 3.82. The lowest BCUT2D eigenvalue weighted by Crippen LogP contribution is -2.10. The predicted molar refractivity (Wildman–Crippen MR) is 40.4 cm³/mol. The summed E-state index contributed by atoms with van der Waals surface area (Å²) in [6, 6.07) is 0. The van der Waals surface area contributed by atoms with Gasteiger partial charge in [0, 0.05) is 6.54 Å². The van der Waals surface area contributed by atoms with Crippen LogP contribution in [0.1, 0.15) is 0 Å². The molecule has 1 rings (SSSR count). The van der Waals surface area contributed by atoms with Crippen LogP contribution in [0.4, 0.5) is 0 Å². The maximum absolute atomic E-state index is 10.8. The number of hydrogen-bond acceptors (Lipinski definition) is 3. The van der Waals surface area contributed by atoms with Gasteiger partial charge in [-0.15, -0.1) is 6.58 Å². The summed E-state index contributed by atoms with van der Waals surface area (Å²) in [5, 5.41) is 10.4. The van der Waals surface area contributed by atoms with Crippen molar-refractivity contribution in [2.75, 3.05) is 0 Å². The maximum Gasteiger partial charge on any atom is 0.310 e. The molecule has 1 N–H and O–H groups in total. The molecule has 0 aliphatic heterocycles. The number of rotatable bonds is 2. The molecule has 0 aromatic carbocycles. The van der Waals surface area contributed by atoms with Crippen LogP contribution in [-0.4, -0.2) is 9.67 Å². The fourth-order valence-corrected chi connectivity index (χ4v) is 1.25. The summed E-state index contributed by atoms with van der Waals surface area (Å²) in [7, 11) is 0. The highest BCUT2D eigenvalue weighted by atomic mass is 32.1. The second kappa shape index (κ2) is 2.70. The van der Waals surface area contributed by atoms with Crippen molar-refractivity contribution in [2.24, 2.45) is 0 Å². The topological polar surface area (TPSA) is 42.2 Å². The first-order valence-electron chi connectivity index (χ1n) is 2.74. The Morgan fingerprint density at radius 3 is 3.00 bits per heavy atom. The van der Waals surface area contributed by atoms with E-state index in [9.17, 15) is 4.79 Å². The Kier molecular flexibility index (Phi) is 1.91. The largest absolute Gasteiger partial charge is 0.494 e. The number of thiazole rings is 1. The average molecular weight is 157 g/mol. The van der Waals surface area contributed by atoms with Gasteiger partial charge in [-0.3, -0.25) is 9.36 Å². The van der Waals surface area contributed by atoms with Gasteiger partial charge >= 0.3 is 4.87 Å². The van der Waals surface area contributed by atoms with Crippen molar-refractivity contribution in [3.63, 3.8) is 0 Å². The normalized spacial score (nSPS) is 9.60. The van der Waals surface area contributed by atoms with E-state index in [2.05, 4.69) is 6.58 Å². The Labute approximate surface area is 61.9 Å². The summed E-state index contributed by atoms with van der Waals surface area (Å²) >= 11 is 0.981. The zero-order valence-electron chi connectivity index (χ0n) is 5.28. The third-order valence-corrected chi connectivity index (χ3v) is 1.82. The van der Waals surface area contributed by atoms with Gasteiger partial charge in [-0.1, -0.05) is 17.4 Å². The van der Waals surface area contributed by atoms with Gasteiger partial charge in [0.05, 0.1) is 5.38 Å². The first-order valence-corrected chi connectivity index (χ1v) is 3.62. The van der Waals surface area contributed by atoms with Gasteiger partial charge in [-0.25, -0.2) is 0 Å². The first-order chi connectivity index (χ1) is 4.75. The summed E-state index contributed by atoms with van der Waals surface area (Å²) in [5.74, 6) is 0.00917. The third-order valence-electron chi connectivity index (χ3n) is 1.07. The Morgan fingerprint density at radius 1 is 1.90 bits per heavy atom. The fraction of sp³-hybridized carbons (Fsp3) is 0.167. The molecule has 0 spiro atoms. The number of aromatic nitrogens is 1. The molecule has 0 unspecified atom stereocenters. The van der Waals surface area contributed by atoms with E-state index in [1.165, 1.54) is 9.95 Å². The number of nitrogens with zero attached hydrogens (tertiary/aromatic N) is 1. The average Bonchev–Trinajstić information content (AvgIpc) is 2.20. The maximum atomic E-state index is 10.8. The van der Waals surface area contributed by atoms with Crippen LogP contribution >= 0.6 is 11.3 Å². The highest BCUT2D eigenvalue weighted by Crippen LogP contribution is 2.07. The summed E-state index contributed by atoms with van der Waals surface area (Å²) < 4.78 is 1.25.